The molecular formula is C20H29N3O2+2. The third kappa shape index (κ3) is 4.71. The highest BCUT2D eigenvalue weighted by atomic mass is 16.5. The molecule has 1 aromatic carbocycles. The first-order chi connectivity index (χ1) is 12.1. The molecule has 0 aliphatic carbocycles. The Balaban J connectivity index is 1.44. The Morgan fingerprint density at radius 3 is 2.48 bits per heavy atom. The van der Waals surface area contributed by atoms with Crippen LogP contribution in [-0.4, -0.2) is 50.5 Å². The minimum Gasteiger partial charge on any atom is -0.490 e. The highest BCUT2D eigenvalue weighted by Crippen LogP contribution is 2.22. The van der Waals surface area contributed by atoms with E-state index in [1.807, 2.05) is 44.3 Å². The van der Waals surface area contributed by atoms with E-state index in [-0.39, 0.29) is 0 Å². The number of aromatic amines is 1. The van der Waals surface area contributed by atoms with Crippen molar-refractivity contribution in [2.75, 3.05) is 44.2 Å². The normalized spacial score (nSPS) is 16.7. The van der Waals surface area contributed by atoms with Gasteiger partial charge in [0, 0.05) is 6.07 Å². The number of hydrogen-bond acceptors (Lipinski definition) is 3. The molecule has 0 spiro atoms. The fourth-order valence-corrected chi connectivity index (χ4v) is 3.45. The summed E-state index contributed by atoms with van der Waals surface area (Å²) in [4.78, 5) is 7.09. The average Bonchev–Trinajstić information content (AvgIpc) is 2.63. The summed E-state index contributed by atoms with van der Waals surface area (Å²) in [5.74, 6) is 2.07. The third-order valence-corrected chi connectivity index (χ3v) is 4.86. The number of quaternary nitrogens is 1. The fraction of sp³-hybridized carbons (Fsp3) is 0.450. The summed E-state index contributed by atoms with van der Waals surface area (Å²) < 4.78 is 5.88. The molecule has 1 fully saturated rings. The molecule has 134 valence electrons. The smallest absolute Gasteiger partial charge is 0.274 e. The molecule has 3 N–H and O–H groups in total. The summed E-state index contributed by atoms with van der Waals surface area (Å²) in [6, 6.07) is 12.3. The van der Waals surface area contributed by atoms with Crippen LogP contribution in [0.5, 0.6) is 5.75 Å². The van der Waals surface area contributed by atoms with Crippen LogP contribution in [0.1, 0.15) is 11.1 Å². The molecule has 1 unspecified atom stereocenters. The zero-order chi connectivity index (χ0) is 17.6. The Hall–Kier alpha value is -2.11. The van der Waals surface area contributed by atoms with Gasteiger partial charge in [0.25, 0.3) is 5.82 Å². The second kappa shape index (κ2) is 8.32. The van der Waals surface area contributed by atoms with Crippen molar-refractivity contribution in [1.29, 1.82) is 0 Å². The summed E-state index contributed by atoms with van der Waals surface area (Å²) in [5, 5.41) is 10.4. The lowest BCUT2D eigenvalue weighted by atomic mass is 10.1. The number of nitrogens with one attached hydrogen (secondary N) is 2. The molecule has 2 aromatic rings. The molecule has 0 saturated carbocycles. The van der Waals surface area contributed by atoms with Crippen LogP contribution < -0.4 is 19.5 Å². The van der Waals surface area contributed by atoms with Gasteiger partial charge in [-0.1, -0.05) is 24.3 Å². The van der Waals surface area contributed by atoms with E-state index >= 15 is 0 Å². The van der Waals surface area contributed by atoms with Crippen LogP contribution in [0.15, 0.2) is 42.6 Å². The molecule has 5 nitrogen and oxygen atoms in total. The van der Waals surface area contributed by atoms with Crippen LogP contribution >= 0.6 is 0 Å². The molecule has 3 rings (SSSR count). The number of aliphatic hydroxyl groups is 1. The molecule has 1 aromatic heterocycles. The first kappa shape index (κ1) is 17.7. The molecule has 2 heterocycles. The molecule has 1 atom stereocenters. The first-order valence-corrected chi connectivity index (χ1v) is 9.06. The number of hydrogen-bond donors (Lipinski definition) is 2. The summed E-state index contributed by atoms with van der Waals surface area (Å²) in [6.07, 6.45) is 1.52. The molecule has 5 heteroatoms. The number of anilines is 1. The van der Waals surface area contributed by atoms with Gasteiger partial charge in [0.05, 0.1) is 6.20 Å². The average molecular weight is 343 g/mol. The number of aryl methyl sites for hydroxylation is 2. The van der Waals surface area contributed by atoms with E-state index in [0.717, 1.165) is 49.6 Å². The van der Waals surface area contributed by atoms with Gasteiger partial charge in [-0.15, -0.1) is 0 Å². The molecule has 1 aliphatic rings. The van der Waals surface area contributed by atoms with E-state index in [9.17, 15) is 5.11 Å². The van der Waals surface area contributed by atoms with Gasteiger partial charge in [-0.25, -0.2) is 4.98 Å². The van der Waals surface area contributed by atoms with Crippen molar-refractivity contribution in [2.45, 2.75) is 20.0 Å². The van der Waals surface area contributed by atoms with Gasteiger partial charge in [-0.3, -0.25) is 4.90 Å². The van der Waals surface area contributed by atoms with Gasteiger partial charge in [0.1, 0.15) is 51.2 Å². The lowest BCUT2D eigenvalue weighted by Crippen LogP contribution is -3.16. The molecule has 0 bridgehead atoms. The SMILES string of the molecule is Cc1cccc(C)c1OCC(O)C[NH+]1CCN(c2cccc[nH+]2)CC1. The predicted octanol–water partition coefficient (Wildman–Crippen LogP) is 0.262. The largest absolute Gasteiger partial charge is 0.490 e. The Morgan fingerprint density at radius 1 is 1.12 bits per heavy atom. The lowest BCUT2D eigenvalue weighted by molar-refractivity contribution is -0.903. The molecule has 1 saturated heterocycles. The van der Waals surface area contributed by atoms with Crippen molar-refractivity contribution < 1.29 is 19.7 Å². The molecule has 1 aliphatic heterocycles. The number of H-pyrrole nitrogens is 1. The summed E-state index contributed by atoms with van der Waals surface area (Å²) in [5.41, 5.74) is 2.24. The van der Waals surface area contributed by atoms with Gasteiger partial charge in [-0.2, -0.15) is 0 Å². The summed E-state index contributed by atoms with van der Waals surface area (Å²) in [6.45, 7) is 9.23. The highest BCUT2D eigenvalue weighted by Gasteiger charge is 2.27. The van der Waals surface area contributed by atoms with Gasteiger partial charge < -0.3 is 14.7 Å². The number of ether oxygens (including phenoxy) is 1. The van der Waals surface area contributed by atoms with Gasteiger partial charge in [-0.05, 0) is 31.0 Å². The van der Waals surface area contributed by atoms with E-state index in [0.29, 0.717) is 6.61 Å². The van der Waals surface area contributed by atoms with Gasteiger partial charge in [0.2, 0.25) is 0 Å². The molecular weight excluding hydrogens is 314 g/mol. The van der Waals surface area contributed by atoms with E-state index < -0.39 is 6.10 Å². The van der Waals surface area contributed by atoms with Crippen molar-refractivity contribution >= 4 is 5.82 Å². The standard InChI is InChI=1S/C20H27N3O2/c1-16-6-5-7-17(2)20(16)25-15-18(24)14-22-10-12-23(13-11-22)19-8-3-4-9-21-19/h3-9,18,24H,10-15H2,1-2H3/p+2. The quantitative estimate of drug-likeness (QED) is 0.791. The third-order valence-electron chi connectivity index (χ3n) is 4.86. The Morgan fingerprint density at radius 2 is 1.84 bits per heavy atom. The number of pyridine rings is 1. The van der Waals surface area contributed by atoms with E-state index in [1.54, 1.807) is 0 Å². The monoisotopic (exact) mass is 343 g/mol. The van der Waals surface area contributed by atoms with E-state index in [2.05, 4.69) is 22.0 Å². The van der Waals surface area contributed by atoms with Crippen LogP contribution in [0.25, 0.3) is 0 Å². The van der Waals surface area contributed by atoms with Crippen molar-refractivity contribution in [3.05, 3.63) is 53.7 Å². The number of piperazine rings is 1. The first-order valence-electron chi connectivity index (χ1n) is 9.06. The maximum absolute atomic E-state index is 10.4. The topological polar surface area (TPSA) is 51.3 Å². The molecule has 0 amide bonds. The van der Waals surface area contributed by atoms with Crippen LogP contribution in [0.3, 0.4) is 0 Å². The second-order valence-electron chi connectivity index (χ2n) is 6.87. The Labute approximate surface area is 149 Å². The number of aliphatic hydroxyl groups excluding tert-OH is 1. The fourth-order valence-electron chi connectivity index (χ4n) is 3.45. The zero-order valence-electron chi connectivity index (χ0n) is 15.2. The Kier molecular flexibility index (Phi) is 5.89. The van der Waals surface area contributed by atoms with Crippen molar-refractivity contribution in [3.63, 3.8) is 0 Å². The minimum absolute atomic E-state index is 0.353. The maximum Gasteiger partial charge on any atom is 0.274 e. The van der Waals surface area contributed by atoms with Crippen LogP contribution in [0.2, 0.25) is 0 Å². The maximum atomic E-state index is 10.4. The number of rotatable bonds is 6. The van der Waals surface area contributed by atoms with E-state index in [1.165, 1.54) is 10.7 Å². The Bertz CT molecular complexity index is 650. The lowest BCUT2D eigenvalue weighted by Gasteiger charge is -2.29. The van der Waals surface area contributed by atoms with Crippen molar-refractivity contribution in [3.8, 4) is 5.75 Å². The number of aromatic nitrogens is 1. The second-order valence-corrected chi connectivity index (χ2v) is 6.87. The molecule has 0 radical (unpaired) electrons. The number of para-hydroxylation sites is 1. The summed E-state index contributed by atoms with van der Waals surface area (Å²) >= 11 is 0. The summed E-state index contributed by atoms with van der Waals surface area (Å²) in [7, 11) is 0. The van der Waals surface area contributed by atoms with Gasteiger partial charge in [0.15, 0.2) is 0 Å². The number of nitrogens with zero attached hydrogens (tertiary/aromatic N) is 1. The minimum atomic E-state index is -0.441. The van der Waals surface area contributed by atoms with Crippen LogP contribution in [0.4, 0.5) is 5.82 Å². The molecule has 25 heavy (non-hydrogen) atoms. The van der Waals surface area contributed by atoms with Crippen molar-refractivity contribution in [1.82, 2.24) is 0 Å². The van der Waals surface area contributed by atoms with Crippen LogP contribution in [-0.2, 0) is 0 Å². The highest BCUT2D eigenvalue weighted by molar-refractivity contribution is 5.39. The predicted molar refractivity (Wildman–Crippen MR) is 98.2 cm³/mol. The number of benzene rings is 1. The van der Waals surface area contributed by atoms with Crippen molar-refractivity contribution in [2.24, 2.45) is 0 Å². The van der Waals surface area contributed by atoms with E-state index in [4.69, 9.17) is 4.74 Å². The van der Waals surface area contributed by atoms with Crippen LogP contribution in [0, 0.1) is 13.8 Å². The zero-order valence-corrected chi connectivity index (χ0v) is 15.2. The van der Waals surface area contributed by atoms with Gasteiger partial charge >= 0.3 is 0 Å².